The van der Waals surface area contributed by atoms with Crippen molar-refractivity contribution in [3.8, 4) is 0 Å². The molecule has 0 atom stereocenters. The molecule has 0 aliphatic rings. The van der Waals surface area contributed by atoms with Crippen LogP contribution in [-0.4, -0.2) is 59.7 Å². The Morgan fingerprint density at radius 3 is 2.60 bits per heavy atom. The first-order chi connectivity index (χ1) is 14.4. The van der Waals surface area contributed by atoms with Crippen LogP contribution in [-0.2, 0) is 23.1 Å². The number of halogens is 1. The highest BCUT2D eigenvalue weighted by molar-refractivity contribution is 5.92. The normalized spacial score (nSPS) is 10.7. The van der Waals surface area contributed by atoms with Crippen molar-refractivity contribution in [1.29, 1.82) is 0 Å². The highest BCUT2D eigenvalue weighted by Gasteiger charge is 2.22. The number of nitrogens with zero attached hydrogens (tertiary/aromatic N) is 3. The Morgan fingerprint density at radius 2 is 1.97 bits per heavy atom. The summed E-state index contributed by atoms with van der Waals surface area (Å²) in [6.45, 7) is 3.65. The third kappa shape index (κ3) is 7.18. The number of aromatic nitrogens is 1. The van der Waals surface area contributed by atoms with E-state index in [4.69, 9.17) is 4.74 Å². The number of nitrogens with one attached hydrogen (secondary N) is 1. The van der Waals surface area contributed by atoms with Crippen molar-refractivity contribution >= 4 is 17.6 Å². The van der Waals surface area contributed by atoms with Crippen LogP contribution in [0.3, 0.4) is 0 Å². The maximum atomic E-state index is 13.4. The summed E-state index contributed by atoms with van der Waals surface area (Å²) in [5, 5.41) is 2.68. The summed E-state index contributed by atoms with van der Waals surface area (Å²) in [5.41, 5.74) is 1.35. The van der Waals surface area contributed by atoms with Crippen LogP contribution in [0.15, 0.2) is 42.6 Å². The first-order valence-electron chi connectivity index (χ1n) is 10.1. The minimum atomic E-state index is -0.433. The zero-order chi connectivity index (χ0) is 21.9. The molecule has 0 radical (unpaired) electrons. The molecule has 0 aliphatic heterocycles. The Balaban J connectivity index is 2.09. The van der Waals surface area contributed by atoms with Crippen LogP contribution in [0.2, 0.25) is 0 Å². The molecule has 2 rings (SSSR count). The second-order valence-corrected chi connectivity index (χ2v) is 7.13. The Hall–Kier alpha value is -2.87. The number of anilines is 1. The van der Waals surface area contributed by atoms with Gasteiger partial charge < -0.3 is 24.4 Å². The first-order valence-corrected chi connectivity index (χ1v) is 10.1. The number of rotatable bonds is 11. The molecule has 164 valence electrons. The van der Waals surface area contributed by atoms with Crippen molar-refractivity contribution in [2.24, 2.45) is 7.05 Å². The third-order valence-electron chi connectivity index (χ3n) is 4.79. The lowest BCUT2D eigenvalue weighted by atomic mass is 10.3. The van der Waals surface area contributed by atoms with Gasteiger partial charge in [0, 0.05) is 44.8 Å². The van der Waals surface area contributed by atoms with Gasteiger partial charge in [0.2, 0.25) is 5.91 Å². The molecule has 0 saturated carbocycles. The van der Waals surface area contributed by atoms with Crippen molar-refractivity contribution < 1.29 is 18.7 Å². The first kappa shape index (κ1) is 23.4. The molecule has 0 aliphatic carbocycles. The molecular weight excluding hydrogens is 387 g/mol. The lowest BCUT2D eigenvalue weighted by Gasteiger charge is -2.28. The summed E-state index contributed by atoms with van der Waals surface area (Å²) in [6, 6.07) is 9.16. The number of hydrogen-bond acceptors (Lipinski definition) is 3. The van der Waals surface area contributed by atoms with E-state index in [1.807, 2.05) is 36.9 Å². The highest BCUT2D eigenvalue weighted by Crippen LogP contribution is 2.12. The number of amides is 3. The van der Waals surface area contributed by atoms with E-state index < -0.39 is 11.8 Å². The Bertz CT molecular complexity index is 824. The molecule has 1 heterocycles. The lowest BCUT2D eigenvalue weighted by Crippen LogP contribution is -2.45. The number of carbonyl (C=O) groups is 2. The number of urea groups is 1. The van der Waals surface area contributed by atoms with E-state index in [9.17, 15) is 14.0 Å². The second-order valence-electron chi connectivity index (χ2n) is 7.13. The fourth-order valence-corrected chi connectivity index (χ4v) is 2.98. The van der Waals surface area contributed by atoms with Crippen LogP contribution >= 0.6 is 0 Å². The van der Waals surface area contributed by atoms with E-state index in [-0.39, 0.29) is 12.5 Å². The summed E-state index contributed by atoms with van der Waals surface area (Å²) in [5.74, 6) is -0.601. The van der Waals surface area contributed by atoms with Crippen molar-refractivity contribution in [1.82, 2.24) is 14.4 Å². The van der Waals surface area contributed by atoms with Crippen LogP contribution in [0.1, 0.15) is 25.5 Å². The van der Waals surface area contributed by atoms with Gasteiger partial charge in [0.25, 0.3) is 0 Å². The van der Waals surface area contributed by atoms with Gasteiger partial charge in [-0.2, -0.15) is 0 Å². The van der Waals surface area contributed by atoms with Crippen molar-refractivity contribution in [3.05, 3.63) is 54.1 Å². The number of unbranched alkanes of at least 4 members (excludes halogenated alkanes) is 1. The van der Waals surface area contributed by atoms with Gasteiger partial charge in [-0.3, -0.25) is 4.79 Å². The molecule has 8 heteroatoms. The molecule has 2 aromatic rings. The quantitative estimate of drug-likeness (QED) is 0.608. The van der Waals surface area contributed by atoms with Gasteiger partial charge in [-0.1, -0.05) is 19.4 Å². The standard InChI is InChI=1S/C22H31FN4O3/c1-4-5-12-27(22(29)24-19-9-6-8-18(23)15-19)17-21(28)26(13-14-30-3)16-20-10-7-11-25(20)2/h6-11,15H,4-5,12-14,16-17H2,1-3H3,(H,24,29). The monoisotopic (exact) mass is 418 g/mol. The summed E-state index contributed by atoms with van der Waals surface area (Å²) in [6.07, 6.45) is 3.57. The molecule has 0 spiro atoms. The van der Waals surface area contributed by atoms with Gasteiger partial charge in [0.1, 0.15) is 12.4 Å². The predicted octanol–water partition coefficient (Wildman–Crippen LogP) is 3.47. The Morgan fingerprint density at radius 1 is 1.17 bits per heavy atom. The maximum absolute atomic E-state index is 13.4. The van der Waals surface area contributed by atoms with E-state index in [1.54, 1.807) is 18.1 Å². The number of benzene rings is 1. The Kier molecular flexibility index (Phi) is 9.34. The molecule has 1 N–H and O–H groups in total. The van der Waals surface area contributed by atoms with E-state index in [0.717, 1.165) is 18.5 Å². The topological polar surface area (TPSA) is 66.8 Å². The Labute approximate surface area is 177 Å². The number of ether oxygens (including phenoxy) is 1. The molecule has 0 bridgehead atoms. The number of hydrogen-bond donors (Lipinski definition) is 1. The molecule has 1 aromatic carbocycles. The summed E-state index contributed by atoms with van der Waals surface area (Å²) in [7, 11) is 3.51. The van der Waals surface area contributed by atoms with Crippen LogP contribution in [0.25, 0.3) is 0 Å². The molecule has 3 amide bonds. The van der Waals surface area contributed by atoms with E-state index in [2.05, 4.69) is 5.32 Å². The average Bonchev–Trinajstić information content (AvgIpc) is 3.12. The zero-order valence-electron chi connectivity index (χ0n) is 17.9. The molecule has 1 aromatic heterocycles. The van der Waals surface area contributed by atoms with Gasteiger partial charge in [0.05, 0.1) is 13.2 Å². The van der Waals surface area contributed by atoms with Crippen LogP contribution < -0.4 is 5.32 Å². The number of carbonyl (C=O) groups excluding carboxylic acids is 2. The summed E-state index contributed by atoms with van der Waals surface area (Å²) >= 11 is 0. The smallest absolute Gasteiger partial charge is 0.322 e. The minimum Gasteiger partial charge on any atom is -0.383 e. The summed E-state index contributed by atoms with van der Waals surface area (Å²) in [4.78, 5) is 29.0. The van der Waals surface area contributed by atoms with Gasteiger partial charge in [-0.05, 0) is 36.8 Å². The van der Waals surface area contributed by atoms with E-state index >= 15 is 0 Å². The van der Waals surface area contributed by atoms with Gasteiger partial charge in [-0.15, -0.1) is 0 Å². The molecular formula is C22H31FN4O3. The van der Waals surface area contributed by atoms with E-state index in [1.165, 1.54) is 23.1 Å². The molecule has 7 nitrogen and oxygen atoms in total. The van der Waals surface area contributed by atoms with Gasteiger partial charge in [0.15, 0.2) is 0 Å². The van der Waals surface area contributed by atoms with E-state index in [0.29, 0.717) is 31.9 Å². The van der Waals surface area contributed by atoms with Crippen LogP contribution in [0.5, 0.6) is 0 Å². The fourth-order valence-electron chi connectivity index (χ4n) is 2.98. The SMILES string of the molecule is CCCCN(CC(=O)N(CCOC)Cc1cccn1C)C(=O)Nc1cccc(F)c1. The maximum Gasteiger partial charge on any atom is 0.322 e. The fraction of sp³-hybridized carbons (Fsp3) is 0.455. The van der Waals surface area contributed by atoms with Crippen LogP contribution in [0.4, 0.5) is 14.9 Å². The summed E-state index contributed by atoms with van der Waals surface area (Å²) < 4.78 is 20.5. The lowest BCUT2D eigenvalue weighted by molar-refractivity contribution is -0.133. The number of aryl methyl sites for hydroxylation is 1. The second kappa shape index (κ2) is 12.0. The van der Waals surface area contributed by atoms with Crippen LogP contribution in [0, 0.1) is 5.82 Å². The predicted molar refractivity (Wildman–Crippen MR) is 115 cm³/mol. The largest absolute Gasteiger partial charge is 0.383 e. The minimum absolute atomic E-state index is 0.0602. The average molecular weight is 419 g/mol. The third-order valence-corrected chi connectivity index (χ3v) is 4.79. The molecule has 0 saturated heterocycles. The van der Waals surface area contributed by atoms with Crippen molar-refractivity contribution in [3.63, 3.8) is 0 Å². The van der Waals surface area contributed by atoms with Gasteiger partial charge >= 0.3 is 6.03 Å². The molecule has 30 heavy (non-hydrogen) atoms. The molecule has 0 fully saturated rings. The van der Waals surface area contributed by atoms with Crippen molar-refractivity contribution in [2.75, 3.05) is 38.7 Å². The zero-order valence-corrected chi connectivity index (χ0v) is 17.9. The highest BCUT2D eigenvalue weighted by atomic mass is 19.1. The number of methoxy groups -OCH3 is 1. The van der Waals surface area contributed by atoms with Crippen molar-refractivity contribution in [2.45, 2.75) is 26.3 Å². The van der Waals surface area contributed by atoms with Gasteiger partial charge in [-0.25, -0.2) is 9.18 Å². The molecule has 0 unspecified atom stereocenters.